The zero-order chi connectivity index (χ0) is 17.4. The van der Waals surface area contributed by atoms with E-state index in [1.807, 2.05) is 43.1 Å². The molecule has 128 valence electrons. The van der Waals surface area contributed by atoms with Gasteiger partial charge in [-0.1, -0.05) is 30.3 Å². The number of aromatic nitrogens is 2. The minimum Gasteiger partial charge on any atom is -0.313 e. The van der Waals surface area contributed by atoms with Crippen molar-refractivity contribution in [3.63, 3.8) is 0 Å². The van der Waals surface area contributed by atoms with Crippen LogP contribution in [0.4, 0.5) is 10.6 Å². The summed E-state index contributed by atoms with van der Waals surface area (Å²) in [4.78, 5) is 16.3. The summed E-state index contributed by atoms with van der Waals surface area (Å²) in [5.74, 6) is 0.713. The van der Waals surface area contributed by atoms with Gasteiger partial charge in [0, 0.05) is 24.5 Å². The second kappa shape index (κ2) is 6.37. The Balaban J connectivity index is 1.68. The van der Waals surface area contributed by atoms with Gasteiger partial charge in [-0.05, 0) is 35.9 Å². The highest BCUT2D eigenvalue weighted by Gasteiger charge is 2.33. The monoisotopic (exact) mass is 352 g/mol. The van der Waals surface area contributed by atoms with Gasteiger partial charge in [0.05, 0.1) is 11.7 Å². The molecule has 1 atom stereocenters. The third-order valence-corrected chi connectivity index (χ3v) is 5.58. The van der Waals surface area contributed by atoms with E-state index in [9.17, 15) is 4.79 Å². The van der Waals surface area contributed by atoms with Crippen LogP contribution < -0.4 is 5.32 Å². The van der Waals surface area contributed by atoms with Crippen molar-refractivity contribution in [1.82, 2.24) is 14.7 Å². The molecule has 3 aromatic rings. The standard InChI is InChI=1S/C19H20N4OS/c1-13-12-17(22(2)21-13)20-19(24)23-10-8-16-15(9-11-25-16)18(23)14-6-4-3-5-7-14/h3-7,9,11-12,18H,8,10H2,1-2H3,(H,20,24)/t18-/m1/s1. The number of nitrogens with one attached hydrogen (secondary N) is 1. The number of nitrogens with zero attached hydrogens (tertiary/aromatic N) is 3. The Morgan fingerprint density at radius 2 is 2.08 bits per heavy atom. The van der Waals surface area contributed by atoms with Gasteiger partial charge >= 0.3 is 6.03 Å². The number of hydrogen-bond acceptors (Lipinski definition) is 3. The summed E-state index contributed by atoms with van der Waals surface area (Å²) in [5, 5.41) is 9.43. The lowest BCUT2D eigenvalue weighted by atomic mass is 9.93. The molecule has 1 aliphatic heterocycles. The maximum atomic E-state index is 13.0. The average Bonchev–Trinajstić information content (AvgIpc) is 3.20. The number of fused-ring (bicyclic) bond motifs is 1. The van der Waals surface area contributed by atoms with E-state index in [0.717, 1.165) is 17.7 Å². The van der Waals surface area contributed by atoms with E-state index in [4.69, 9.17) is 0 Å². The average molecular weight is 352 g/mol. The summed E-state index contributed by atoms with van der Waals surface area (Å²) < 4.78 is 1.70. The van der Waals surface area contributed by atoms with Crippen molar-refractivity contribution >= 4 is 23.2 Å². The summed E-state index contributed by atoms with van der Waals surface area (Å²) in [7, 11) is 1.84. The second-order valence-corrected chi connectivity index (χ2v) is 7.28. The number of hydrogen-bond donors (Lipinski definition) is 1. The molecule has 5 nitrogen and oxygen atoms in total. The number of benzene rings is 1. The van der Waals surface area contributed by atoms with E-state index in [1.165, 1.54) is 10.4 Å². The quantitative estimate of drug-likeness (QED) is 0.759. The number of carbonyl (C=O) groups is 1. The molecule has 0 bridgehead atoms. The molecule has 0 spiro atoms. The predicted octanol–water partition coefficient (Wildman–Crippen LogP) is 3.97. The molecule has 1 aromatic carbocycles. The van der Waals surface area contributed by atoms with Crippen molar-refractivity contribution in [2.45, 2.75) is 19.4 Å². The van der Waals surface area contributed by atoms with Crippen LogP contribution >= 0.6 is 11.3 Å². The van der Waals surface area contributed by atoms with E-state index in [2.05, 4.69) is 34.0 Å². The van der Waals surface area contributed by atoms with Crippen molar-refractivity contribution in [2.75, 3.05) is 11.9 Å². The van der Waals surface area contributed by atoms with E-state index < -0.39 is 0 Å². The van der Waals surface area contributed by atoms with E-state index in [-0.39, 0.29) is 12.1 Å². The van der Waals surface area contributed by atoms with Crippen LogP contribution in [0.5, 0.6) is 0 Å². The fourth-order valence-corrected chi connectivity index (χ4v) is 4.34. The van der Waals surface area contributed by atoms with Crippen molar-refractivity contribution in [3.05, 3.63) is 69.5 Å². The second-order valence-electron chi connectivity index (χ2n) is 6.28. The smallest absolute Gasteiger partial charge is 0.313 e. The first kappa shape index (κ1) is 15.9. The van der Waals surface area contributed by atoms with Gasteiger partial charge in [-0.25, -0.2) is 4.79 Å². The molecule has 0 aliphatic carbocycles. The lowest BCUT2D eigenvalue weighted by molar-refractivity contribution is 0.194. The third-order valence-electron chi connectivity index (χ3n) is 4.58. The molecule has 0 saturated heterocycles. The molecule has 25 heavy (non-hydrogen) atoms. The molecule has 2 aromatic heterocycles. The molecule has 0 saturated carbocycles. The number of rotatable bonds is 2. The summed E-state index contributed by atoms with van der Waals surface area (Å²) in [6.07, 6.45) is 0.897. The van der Waals surface area contributed by atoms with E-state index in [1.54, 1.807) is 16.0 Å². The zero-order valence-corrected chi connectivity index (χ0v) is 15.1. The van der Waals surface area contributed by atoms with Crippen LogP contribution in [-0.4, -0.2) is 27.3 Å². The van der Waals surface area contributed by atoms with Crippen LogP contribution in [0.15, 0.2) is 47.8 Å². The number of carbonyl (C=O) groups excluding carboxylic acids is 1. The Hall–Kier alpha value is -2.60. The lowest BCUT2D eigenvalue weighted by Gasteiger charge is -2.36. The van der Waals surface area contributed by atoms with Gasteiger partial charge < -0.3 is 4.90 Å². The van der Waals surface area contributed by atoms with E-state index >= 15 is 0 Å². The molecule has 2 amide bonds. The number of aryl methyl sites for hydroxylation is 2. The topological polar surface area (TPSA) is 50.2 Å². The van der Waals surface area contributed by atoms with Crippen LogP contribution in [0.1, 0.15) is 27.7 Å². The summed E-state index contributed by atoms with van der Waals surface area (Å²) >= 11 is 1.77. The Kier molecular flexibility index (Phi) is 4.05. The lowest BCUT2D eigenvalue weighted by Crippen LogP contribution is -2.42. The van der Waals surface area contributed by atoms with Gasteiger partial charge in [-0.3, -0.25) is 10.00 Å². The SMILES string of the molecule is Cc1cc(NC(=O)N2CCc3sccc3[C@H]2c2ccccc2)n(C)n1. The largest absolute Gasteiger partial charge is 0.323 e. The van der Waals surface area contributed by atoms with E-state index in [0.29, 0.717) is 12.4 Å². The third kappa shape index (κ3) is 2.93. The van der Waals surface area contributed by atoms with Crippen LogP contribution in [0.3, 0.4) is 0 Å². The molecule has 3 heterocycles. The first-order valence-corrected chi connectivity index (χ1v) is 9.21. The first-order chi connectivity index (χ1) is 12.1. The first-order valence-electron chi connectivity index (χ1n) is 8.33. The predicted molar refractivity (Wildman–Crippen MR) is 100.0 cm³/mol. The minimum absolute atomic E-state index is 0.0504. The molecule has 6 heteroatoms. The highest BCUT2D eigenvalue weighted by Crippen LogP contribution is 2.37. The number of anilines is 1. The summed E-state index contributed by atoms with van der Waals surface area (Å²) in [6.45, 7) is 2.62. The van der Waals surface area contributed by atoms with Gasteiger partial charge in [-0.2, -0.15) is 5.10 Å². The Morgan fingerprint density at radius 3 is 2.80 bits per heavy atom. The summed E-state index contributed by atoms with van der Waals surface area (Å²) in [6, 6.07) is 14.1. The van der Waals surface area contributed by atoms with Gasteiger partial charge in [0.25, 0.3) is 0 Å². The highest BCUT2D eigenvalue weighted by atomic mass is 32.1. The van der Waals surface area contributed by atoms with Gasteiger partial charge in [-0.15, -0.1) is 11.3 Å². The highest BCUT2D eigenvalue weighted by molar-refractivity contribution is 7.10. The van der Waals surface area contributed by atoms with Gasteiger partial charge in [0.1, 0.15) is 5.82 Å². The number of amides is 2. The van der Waals surface area contributed by atoms with Crippen LogP contribution in [0.25, 0.3) is 0 Å². The summed E-state index contributed by atoms with van der Waals surface area (Å²) in [5.41, 5.74) is 3.26. The molecular formula is C19H20N4OS. The van der Waals surface area contributed by atoms with Crippen LogP contribution in [0, 0.1) is 6.92 Å². The molecule has 0 radical (unpaired) electrons. The van der Waals surface area contributed by atoms with Gasteiger partial charge in [0.2, 0.25) is 0 Å². The molecular weight excluding hydrogens is 332 g/mol. The Labute approximate surface area is 150 Å². The van der Waals surface area contributed by atoms with Crippen molar-refractivity contribution in [2.24, 2.45) is 7.05 Å². The number of urea groups is 1. The molecule has 1 N–H and O–H groups in total. The zero-order valence-electron chi connectivity index (χ0n) is 14.3. The Bertz CT molecular complexity index is 899. The van der Waals surface area contributed by atoms with Crippen LogP contribution in [0.2, 0.25) is 0 Å². The molecule has 4 rings (SSSR count). The number of thiophene rings is 1. The maximum absolute atomic E-state index is 13.0. The fourth-order valence-electron chi connectivity index (χ4n) is 3.44. The molecule has 1 aliphatic rings. The molecule has 0 fully saturated rings. The van der Waals surface area contributed by atoms with Crippen molar-refractivity contribution in [1.29, 1.82) is 0 Å². The van der Waals surface area contributed by atoms with Gasteiger partial charge in [0.15, 0.2) is 0 Å². The Morgan fingerprint density at radius 1 is 1.28 bits per heavy atom. The van der Waals surface area contributed by atoms with Crippen LogP contribution in [-0.2, 0) is 13.5 Å². The fraction of sp³-hybridized carbons (Fsp3) is 0.263. The minimum atomic E-state index is -0.0892. The van der Waals surface area contributed by atoms with Crippen molar-refractivity contribution < 1.29 is 4.79 Å². The molecule has 0 unspecified atom stereocenters. The normalized spacial score (nSPS) is 16.6. The maximum Gasteiger partial charge on any atom is 0.323 e. The van der Waals surface area contributed by atoms with Crippen molar-refractivity contribution in [3.8, 4) is 0 Å².